The first-order valence-electron chi connectivity index (χ1n) is 3.58. The van der Waals surface area contributed by atoms with E-state index in [9.17, 15) is 0 Å². The second-order valence-electron chi connectivity index (χ2n) is 1.73. The molecular weight excluding hydrogens is 140 g/mol. The van der Waals surface area contributed by atoms with Crippen molar-refractivity contribution in [1.29, 1.82) is 0 Å². The third-order valence-corrected chi connectivity index (χ3v) is 1.04. The molecule has 0 unspecified atom stereocenters. The van der Waals surface area contributed by atoms with E-state index < -0.39 is 0 Å². The molecule has 0 fully saturated rings. The van der Waals surface area contributed by atoms with Crippen LogP contribution in [-0.2, 0) is 0 Å². The average molecular weight is 154 g/mol. The smallest absolute Gasteiger partial charge is 0.0603 e. The lowest BCUT2D eigenvalue weighted by Crippen LogP contribution is -1.89. The molecule has 0 aliphatic rings. The number of anilines is 2. The van der Waals surface area contributed by atoms with E-state index in [0.29, 0.717) is 11.4 Å². The van der Waals surface area contributed by atoms with E-state index in [1.807, 2.05) is 19.3 Å². The van der Waals surface area contributed by atoms with Gasteiger partial charge in [-0.2, -0.15) is 0 Å². The van der Waals surface area contributed by atoms with Gasteiger partial charge < -0.3 is 5.73 Å². The molecule has 0 radical (unpaired) electrons. The molecule has 4 N–H and O–H groups in total. The summed E-state index contributed by atoms with van der Waals surface area (Å²) in [6.45, 7) is 4.00. The van der Waals surface area contributed by atoms with E-state index in [-0.39, 0.29) is 0 Å². The van der Waals surface area contributed by atoms with Crippen molar-refractivity contribution in [3.8, 4) is 0 Å². The van der Waals surface area contributed by atoms with Crippen molar-refractivity contribution < 1.29 is 5.21 Å². The van der Waals surface area contributed by atoms with Crippen molar-refractivity contribution in [1.82, 2.24) is 0 Å². The Hall–Kier alpha value is -1.22. The zero-order chi connectivity index (χ0) is 8.69. The van der Waals surface area contributed by atoms with Crippen molar-refractivity contribution in [2.45, 2.75) is 13.8 Å². The predicted molar refractivity (Wildman–Crippen MR) is 47.6 cm³/mol. The van der Waals surface area contributed by atoms with Crippen LogP contribution in [0.2, 0.25) is 0 Å². The first kappa shape index (κ1) is 9.78. The van der Waals surface area contributed by atoms with Gasteiger partial charge in [0.2, 0.25) is 0 Å². The Morgan fingerprint density at radius 3 is 2.00 bits per heavy atom. The van der Waals surface area contributed by atoms with Gasteiger partial charge in [-0.1, -0.05) is 13.8 Å². The Balaban J connectivity index is 0.000000461. The van der Waals surface area contributed by atoms with Crippen LogP contribution in [0.15, 0.2) is 24.3 Å². The van der Waals surface area contributed by atoms with E-state index in [0.717, 1.165) is 0 Å². The quantitative estimate of drug-likeness (QED) is 0.429. The van der Waals surface area contributed by atoms with Gasteiger partial charge in [-0.05, 0) is 24.3 Å². The molecule has 1 aromatic carbocycles. The largest absolute Gasteiger partial charge is 0.399 e. The number of benzene rings is 1. The van der Waals surface area contributed by atoms with Crippen LogP contribution in [0.1, 0.15) is 13.8 Å². The summed E-state index contributed by atoms with van der Waals surface area (Å²) >= 11 is 0. The van der Waals surface area contributed by atoms with Crippen LogP contribution in [0, 0.1) is 0 Å². The fourth-order valence-electron chi connectivity index (χ4n) is 0.558. The highest BCUT2D eigenvalue weighted by molar-refractivity contribution is 5.49. The molecule has 0 spiro atoms. The number of nitrogens with two attached hydrogens (primary N) is 1. The van der Waals surface area contributed by atoms with Crippen molar-refractivity contribution in [2.75, 3.05) is 11.2 Å². The molecule has 1 rings (SSSR count). The normalized spacial score (nSPS) is 7.91. The van der Waals surface area contributed by atoms with E-state index in [2.05, 4.69) is 0 Å². The highest BCUT2D eigenvalue weighted by Gasteiger charge is 1.85. The molecule has 11 heavy (non-hydrogen) atoms. The van der Waals surface area contributed by atoms with Crippen molar-refractivity contribution in [3.05, 3.63) is 24.3 Å². The highest BCUT2D eigenvalue weighted by Crippen LogP contribution is 2.08. The minimum Gasteiger partial charge on any atom is -0.399 e. The van der Waals surface area contributed by atoms with Crippen molar-refractivity contribution in [3.63, 3.8) is 0 Å². The maximum atomic E-state index is 8.34. The van der Waals surface area contributed by atoms with Crippen LogP contribution < -0.4 is 11.2 Å². The highest BCUT2D eigenvalue weighted by atomic mass is 16.5. The number of nitrogens with one attached hydrogen (secondary N) is 1. The Labute approximate surface area is 66.8 Å². The molecule has 0 amide bonds. The van der Waals surface area contributed by atoms with Gasteiger partial charge in [-0.3, -0.25) is 10.7 Å². The zero-order valence-corrected chi connectivity index (χ0v) is 6.83. The summed E-state index contributed by atoms with van der Waals surface area (Å²) in [6, 6.07) is 6.79. The molecule has 0 bridgehead atoms. The lowest BCUT2D eigenvalue weighted by atomic mass is 10.3. The molecule has 0 heterocycles. The summed E-state index contributed by atoms with van der Waals surface area (Å²) in [5, 5.41) is 8.34. The molecule has 62 valence electrons. The Morgan fingerprint density at radius 1 is 1.18 bits per heavy atom. The predicted octanol–water partition coefficient (Wildman–Crippen LogP) is 2.10. The molecule has 0 aliphatic heterocycles. The summed E-state index contributed by atoms with van der Waals surface area (Å²) in [4.78, 5) is 0. The van der Waals surface area contributed by atoms with Crippen molar-refractivity contribution >= 4 is 11.4 Å². The third-order valence-electron chi connectivity index (χ3n) is 1.04. The average Bonchev–Trinajstić information content (AvgIpc) is 2.10. The van der Waals surface area contributed by atoms with Crippen molar-refractivity contribution in [2.24, 2.45) is 0 Å². The summed E-state index contributed by atoms with van der Waals surface area (Å²) in [5.41, 5.74) is 8.70. The molecule has 0 atom stereocenters. The lowest BCUT2D eigenvalue weighted by Gasteiger charge is -1.96. The van der Waals surface area contributed by atoms with Crippen LogP contribution in [0.5, 0.6) is 0 Å². The van der Waals surface area contributed by atoms with Gasteiger partial charge in [0.1, 0.15) is 0 Å². The first-order valence-corrected chi connectivity index (χ1v) is 3.58. The maximum absolute atomic E-state index is 8.34. The molecule has 3 heteroatoms. The minimum atomic E-state index is 0.643. The Morgan fingerprint density at radius 2 is 1.64 bits per heavy atom. The van der Waals surface area contributed by atoms with Crippen LogP contribution in [0.4, 0.5) is 11.4 Å². The number of hydrogen-bond acceptors (Lipinski definition) is 3. The summed E-state index contributed by atoms with van der Waals surface area (Å²) < 4.78 is 0. The van der Waals surface area contributed by atoms with E-state index in [1.165, 1.54) is 0 Å². The topological polar surface area (TPSA) is 58.3 Å². The SMILES string of the molecule is CC.Nc1ccc(NO)cc1. The zero-order valence-electron chi connectivity index (χ0n) is 6.83. The van der Waals surface area contributed by atoms with Gasteiger partial charge >= 0.3 is 0 Å². The number of rotatable bonds is 1. The van der Waals surface area contributed by atoms with E-state index in [1.54, 1.807) is 24.3 Å². The molecule has 0 saturated heterocycles. The van der Waals surface area contributed by atoms with Gasteiger partial charge in [0, 0.05) is 5.69 Å². The van der Waals surface area contributed by atoms with Gasteiger partial charge in [0.05, 0.1) is 5.69 Å². The summed E-state index contributed by atoms with van der Waals surface area (Å²) in [6.07, 6.45) is 0. The summed E-state index contributed by atoms with van der Waals surface area (Å²) in [7, 11) is 0. The monoisotopic (exact) mass is 154 g/mol. The molecule has 0 aromatic heterocycles. The second-order valence-corrected chi connectivity index (χ2v) is 1.73. The van der Waals surface area contributed by atoms with E-state index >= 15 is 0 Å². The van der Waals surface area contributed by atoms with Gasteiger partial charge in [0.25, 0.3) is 0 Å². The Bertz CT molecular complexity index is 184. The standard InChI is InChI=1S/C6H8N2O.C2H6/c7-5-1-3-6(8-9)4-2-5;1-2/h1-4,8-9H,7H2;1-2H3. The number of hydrogen-bond donors (Lipinski definition) is 3. The van der Waals surface area contributed by atoms with E-state index in [4.69, 9.17) is 10.9 Å². The van der Waals surface area contributed by atoms with Gasteiger partial charge in [-0.25, -0.2) is 0 Å². The third kappa shape index (κ3) is 3.47. The second kappa shape index (κ2) is 5.56. The van der Waals surface area contributed by atoms with Gasteiger partial charge in [-0.15, -0.1) is 0 Å². The molecular formula is C8H14N2O. The van der Waals surface area contributed by atoms with Crippen LogP contribution in [0.3, 0.4) is 0 Å². The fourth-order valence-corrected chi connectivity index (χ4v) is 0.558. The van der Waals surface area contributed by atoms with Crippen LogP contribution in [0.25, 0.3) is 0 Å². The summed E-state index contributed by atoms with van der Waals surface area (Å²) in [5.74, 6) is 0. The Kier molecular flexibility index (Phi) is 4.94. The number of nitrogen functional groups attached to an aromatic ring is 1. The first-order chi connectivity index (χ1) is 5.33. The lowest BCUT2D eigenvalue weighted by molar-refractivity contribution is 0.389. The van der Waals surface area contributed by atoms with Gasteiger partial charge in [0.15, 0.2) is 0 Å². The van der Waals surface area contributed by atoms with Crippen LogP contribution >= 0.6 is 0 Å². The molecule has 1 aromatic rings. The molecule has 0 aliphatic carbocycles. The maximum Gasteiger partial charge on any atom is 0.0603 e. The molecule has 3 nitrogen and oxygen atoms in total. The molecule has 0 saturated carbocycles. The minimum absolute atomic E-state index is 0.643. The fraction of sp³-hybridized carbons (Fsp3) is 0.250. The van der Waals surface area contributed by atoms with Crippen LogP contribution in [-0.4, -0.2) is 5.21 Å².